The fourth-order valence-corrected chi connectivity index (χ4v) is 36.5. The Hall–Kier alpha value is 1.34. The molecule has 0 aromatic carbocycles. The summed E-state index contributed by atoms with van der Waals surface area (Å²) in [6.45, 7) is 14.8. The maximum atomic E-state index is 4.28. The van der Waals surface area contributed by atoms with E-state index in [-0.39, 0.29) is 30.4 Å². The van der Waals surface area contributed by atoms with Gasteiger partial charge in [-0.3, -0.25) is 0 Å². The van der Waals surface area contributed by atoms with Crippen molar-refractivity contribution < 1.29 is 15.9 Å². The van der Waals surface area contributed by atoms with Gasteiger partial charge in [0.2, 0.25) is 0 Å². The van der Waals surface area contributed by atoms with Crippen LogP contribution in [0.4, 0.5) is 0 Å². The van der Waals surface area contributed by atoms with Crippen molar-refractivity contribution in [3.05, 3.63) is 21.5 Å². The van der Waals surface area contributed by atoms with Crippen molar-refractivity contribution in [1.29, 1.82) is 0 Å². The molecule has 1 nitrogen and oxygen atoms in total. The van der Waals surface area contributed by atoms with Crippen LogP contribution in [0.25, 0.3) is 0 Å². The Balaban J connectivity index is 0. The molecular weight excluding hydrogens is 400 g/mol. The molecule has 20 heavy (non-hydrogen) atoms. The minimum absolute atomic E-state index is 0. The summed E-state index contributed by atoms with van der Waals surface area (Å²) >= 11 is -3.44. The molecule has 1 rings (SSSR count). The molecular formula is C14H35Cl2NSi2Zr. The average molecular weight is 436 g/mol. The van der Waals surface area contributed by atoms with Gasteiger partial charge in [-0.2, -0.15) is 0 Å². The summed E-state index contributed by atoms with van der Waals surface area (Å²) in [5.74, 6) is 0. The molecule has 0 bridgehead atoms. The van der Waals surface area contributed by atoms with Crippen LogP contribution in [0, 0.1) is 0 Å². The molecule has 0 spiro atoms. The fraction of sp³-hybridized carbons (Fsp3) is 0.714. The number of hydrogen-bond acceptors (Lipinski definition) is 1. The summed E-state index contributed by atoms with van der Waals surface area (Å²) in [5.41, 5.74) is 0.215. The Bertz CT molecular complexity index is 434. The first-order valence-electron chi connectivity index (χ1n) is 7.22. The van der Waals surface area contributed by atoms with E-state index >= 15 is 0 Å². The summed E-state index contributed by atoms with van der Waals surface area (Å²) in [6, 6.07) is 0. The van der Waals surface area contributed by atoms with Crippen LogP contribution in [0.3, 0.4) is 0 Å². The molecule has 0 atom stereocenters. The van der Waals surface area contributed by atoms with Crippen LogP contribution < -0.4 is 3.26 Å². The van der Waals surface area contributed by atoms with Gasteiger partial charge in [-0.05, 0) is 0 Å². The normalized spacial score (nSPS) is 19.5. The maximum absolute atomic E-state index is 4.28. The largest absolute Gasteiger partial charge is 0.147 e. The number of halogens is 2. The smallest absolute Gasteiger partial charge is 0.147 e. The van der Waals surface area contributed by atoms with E-state index in [0.29, 0.717) is 0 Å². The van der Waals surface area contributed by atoms with E-state index in [0.717, 1.165) is 0 Å². The molecule has 0 radical (unpaired) electrons. The van der Waals surface area contributed by atoms with Gasteiger partial charge >= 0.3 is 115 Å². The Morgan fingerprint density at radius 1 is 1.15 bits per heavy atom. The van der Waals surface area contributed by atoms with E-state index < -0.39 is 21.1 Å². The third-order valence-electron chi connectivity index (χ3n) is 5.93. The molecule has 0 unspecified atom stereocenters. The van der Waals surface area contributed by atoms with Gasteiger partial charge in [-0.1, -0.05) is 0 Å². The third kappa shape index (κ3) is 3.81. The zero-order valence-electron chi connectivity index (χ0n) is 14.8. The topological polar surface area (TPSA) is 12.0 Å². The first-order chi connectivity index (χ1) is 7.62. The van der Waals surface area contributed by atoms with Crippen molar-refractivity contribution in [3.8, 4) is 0 Å². The van der Waals surface area contributed by atoms with Crippen LogP contribution in [0.5, 0.6) is 0 Å². The van der Waals surface area contributed by atoms with E-state index in [2.05, 4.69) is 71.2 Å². The maximum Gasteiger partial charge on any atom is -0.147 e. The molecule has 0 amide bonds. The van der Waals surface area contributed by atoms with E-state index in [1.54, 1.807) is 3.28 Å². The number of nitrogens with one attached hydrogen (secondary N) is 1. The van der Waals surface area contributed by atoms with Gasteiger partial charge in [0.05, 0.1) is 0 Å². The van der Waals surface area contributed by atoms with Crippen molar-refractivity contribution in [2.45, 2.75) is 61.6 Å². The number of allylic oxidation sites excluding steroid dienone is 4. The van der Waals surface area contributed by atoms with E-state index in [4.69, 9.17) is 0 Å². The van der Waals surface area contributed by atoms with E-state index in [1.807, 2.05) is 0 Å². The summed E-state index contributed by atoms with van der Waals surface area (Å²) in [4.78, 5) is 0. The van der Waals surface area contributed by atoms with E-state index in [9.17, 15) is 0 Å². The Labute approximate surface area is 138 Å². The first-order valence-corrected chi connectivity index (χ1v) is 30.2. The van der Waals surface area contributed by atoms with Crippen molar-refractivity contribution in [3.63, 3.8) is 0 Å². The van der Waals surface area contributed by atoms with Crippen molar-refractivity contribution >= 4 is 37.4 Å². The first kappa shape index (κ1) is 23.6. The quantitative estimate of drug-likeness (QED) is 0.647. The molecule has 122 valence electrons. The van der Waals surface area contributed by atoms with Crippen LogP contribution >= 0.6 is 24.8 Å². The second kappa shape index (κ2) is 5.76. The van der Waals surface area contributed by atoms with Crippen LogP contribution in [0.2, 0.25) is 28.9 Å². The predicted molar refractivity (Wildman–Crippen MR) is 104 cm³/mol. The van der Waals surface area contributed by atoms with Crippen molar-refractivity contribution in [1.82, 2.24) is 3.26 Å². The second-order valence-electron chi connectivity index (χ2n) is 10.1. The van der Waals surface area contributed by atoms with E-state index in [1.165, 1.54) is 13.8 Å². The molecule has 0 aliphatic heterocycles. The number of rotatable bonds is 3. The molecule has 0 saturated carbocycles. The van der Waals surface area contributed by atoms with Gasteiger partial charge in [-0.15, -0.1) is 24.8 Å². The zero-order chi connectivity index (χ0) is 14.5. The Kier molecular flexibility index (Phi) is 6.80. The molecule has 1 N–H and O–H groups in total. The monoisotopic (exact) mass is 433 g/mol. The molecule has 1 aliphatic carbocycles. The second-order valence-corrected chi connectivity index (χ2v) is 86.6. The minimum atomic E-state index is -3.44. The average Bonchev–Trinajstić information content (AvgIpc) is 2.46. The summed E-state index contributed by atoms with van der Waals surface area (Å²) < 4.78 is 11.5. The van der Waals surface area contributed by atoms with Crippen molar-refractivity contribution in [2.75, 3.05) is 0 Å². The molecule has 0 fully saturated rings. The molecule has 1 aliphatic rings. The summed E-state index contributed by atoms with van der Waals surface area (Å²) in [6.07, 6.45) is 8.26. The Morgan fingerprint density at radius 3 is 1.85 bits per heavy atom. The molecule has 0 saturated heterocycles. The van der Waals surface area contributed by atoms with Crippen LogP contribution in [0.1, 0.15) is 27.2 Å². The SMILES string of the molecule is CC(C)(C)[NH][Zr]([CH3])([CH3])([SiH3])([C]1=CC=CC1)[Si](C)(C)C.Cl.Cl. The predicted octanol–water partition coefficient (Wildman–Crippen LogP) is 4.41. The van der Waals surface area contributed by atoms with Gasteiger partial charge in [-0.25, -0.2) is 0 Å². The van der Waals surface area contributed by atoms with Gasteiger partial charge in [0, 0.05) is 0 Å². The van der Waals surface area contributed by atoms with Gasteiger partial charge < -0.3 is 0 Å². The fourth-order valence-electron chi connectivity index (χ4n) is 3.44. The third-order valence-corrected chi connectivity index (χ3v) is 102. The van der Waals surface area contributed by atoms with Crippen LogP contribution in [-0.4, -0.2) is 18.1 Å². The van der Waals surface area contributed by atoms with Crippen molar-refractivity contribution in [2.24, 2.45) is 0 Å². The van der Waals surface area contributed by atoms with Crippen LogP contribution in [-0.2, 0) is 15.9 Å². The van der Waals surface area contributed by atoms with Gasteiger partial charge in [0.15, 0.2) is 0 Å². The standard InChI is InChI=1S/C5H5.C4H10N.C3H9Si.2CH3.2ClH.H3Si.Zr/c1-2-4-5-3-1;1-4(2,3)5;1-4(2)3;;;;;;/h1-3H,4H2;5H,1-3H3;1-3H3;2*1H3;2*1H;1H3;/q;-1;;;;;;;+1. The number of hydrogen-bond donors (Lipinski definition) is 1. The zero-order valence-corrected chi connectivity index (χ0v) is 21.8. The van der Waals surface area contributed by atoms with Gasteiger partial charge in [0.25, 0.3) is 0 Å². The minimum Gasteiger partial charge on any atom is -0.147 e. The molecule has 0 aromatic rings. The summed E-state index contributed by atoms with van der Waals surface area (Å²) in [7, 11) is 1.31. The molecule has 0 aromatic heterocycles. The van der Waals surface area contributed by atoms with Crippen LogP contribution in [0.15, 0.2) is 21.5 Å². The van der Waals surface area contributed by atoms with Gasteiger partial charge in [0.1, 0.15) is 0 Å². The Morgan fingerprint density at radius 2 is 1.60 bits per heavy atom. The summed E-state index contributed by atoms with van der Waals surface area (Å²) in [5, 5.41) is -1.29. The molecule has 0 heterocycles. The molecule has 6 heteroatoms.